The summed E-state index contributed by atoms with van der Waals surface area (Å²) in [6, 6.07) is 10.5. The van der Waals surface area contributed by atoms with E-state index in [0.717, 1.165) is 36.7 Å². The van der Waals surface area contributed by atoms with Gasteiger partial charge in [0.1, 0.15) is 5.75 Å². The summed E-state index contributed by atoms with van der Waals surface area (Å²) < 4.78 is 11.0. The maximum atomic E-state index is 5.94. The van der Waals surface area contributed by atoms with Crippen LogP contribution in [0, 0.1) is 6.92 Å². The highest BCUT2D eigenvalue weighted by molar-refractivity contribution is 7.09. The Morgan fingerprint density at radius 1 is 1.19 bits per heavy atom. The highest BCUT2D eigenvalue weighted by atomic mass is 32.1. The summed E-state index contributed by atoms with van der Waals surface area (Å²) in [4.78, 5) is 5.67. The van der Waals surface area contributed by atoms with Crippen molar-refractivity contribution in [1.29, 1.82) is 0 Å². The van der Waals surface area contributed by atoms with Crippen LogP contribution in [0.25, 0.3) is 0 Å². The van der Waals surface area contributed by atoms with E-state index in [0.29, 0.717) is 19.8 Å². The van der Waals surface area contributed by atoms with Crippen LogP contribution >= 0.6 is 11.3 Å². The van der Waals surface area contributed by atoms with E-state index in [-0.39, 0.29) is 0 Å². The van der Waals surface area contributed by atoms with Crippen LogP contribution < -0.4 is 15.4 Å². The number of ether oxygens (including phenoxy) is 2. The van der Waals surface area contributed by atoms with Gasteiger partial charge in [0.2, 0.25) is 0 Å². The molecule has 26 heavy (non-hydrogen) atoms. The van der Waals surface area contributed by atoms with E-state index in [9.17, 15) is 0 Å². The van der Waals surface area contributed by atoms with Crippen molar-refractivity contribution in [1.82, 2.24) is 10.6 Å². The number of thiophene rings is 1. The van der Waals surface area contributed by atoms with E-state index >= 15 is 0 Å². The molecule has 2 N–H and O–H groups in total. The Balaban J connectivity index is 1.83. The second-order valence-corrected chi connectivity index (χ2v) is 7.02. The summed E-state index contributed by atoms with van der Waals surface area (Å²) in [7, 11) is 3.50. The normalized spacial score (nSPS) is 11.4. The number of benzene rings is 1. The topological polar surface area (TPSA) is 54.9 Å². The molecule has 0 saturated heterocycles. The number of nitrogens with one attached hydrogen (secondary N) is 2. The molecule has 0 aliphatic carbocycles. The maximum Gasteiger partial charge on any atom is 0.191 e. The number of aliphatic imine (C=N–C) groups is 1. The third-order valence-electron chi connectivity index (χ3n) is 3.89. The van der Waals surface area contributed by atoms with Crippen LogP contribution in [0.3, 0.4) is 0 Å². The van der Waals surface area contributed by atoms with Gasteiger partial charge in [-0.2, -0.15) is 0 Å². The van der Waals surface area contributed by atoms with Crippen molar-refractivity contribution in [2.24, 2.45) is 4.99 Å². The average molecular weight is 376 g/mol. The second kappa shape index (κ2) is 11.5. The lowest BCUT2D eigenvalue weighted by atomic mass is 10.1. The van der Waals surface area contributed by atoms with Crippen molar-refractivity contribution >= 4 is 17.3 Å². The number of methoxy groups -OCH3 is 1. The minimum absolute atomic E-state index is 0.651. The van der Waals surface area contributed by atoms with Crippen molar-refractivity contribution in [2.45, 2.75) is 26.3 Å². The van der Waals surface area contributed by atoms with Crippen LogP contribution in [0.5, 0.6) is 5.75 Å². The van der Waals surface area contributed by atoms with Crippen LogP contribution in [-0.4, -0.2) is 39.9 Å². The molecular formula is C20H29N3O2S. The zero-order chi connectivity index (χ0) is 18.6. The Morgan fingerprint density at radius 3 is 2.81 bits per heavy atom. The number of rotatable bonds is 10. The molecule has 0 fully saturated rings. The largest absolute Gasteiger partial charge is 0.493 e. The molecule has 1 aromatic carbocycles. The molecule has 0 aliphatic heterocycles. The third kappa shape index (κ3) is 7.06. The number of aryl methyl sites for hydroxylation is 1. The minimum atomic E-state index is 0.651. The van der Waals surface area contributed by atoms with Gasteiger partial charge in [0.15, 0.2) is 5.96 Å². The number of hydrogen-bond donors (Lipinski definition) is 2. The Hall–Kier alpha value is -2.05. The first-order valence-electron chi connectivity index (χ1n) is 8.91. The predicted octanol–water partition coefficient (Wildman–Crippen LogP) is 3.38. The van der Waals surface area contributed by atoms with Crippen LogP contribution in [0.4, 0.5) is 0 Å². The van der Waals surface area contributed by atoms with Gasteiger partial charge in [-0.15, -0.1) is 11.3 Å². The fraction of sp³-hybridized carbons (Fsp3) is 0.450. The molecule has 2 rings (SSSR count). The summed E-state index contributed by atoms with van der Waals surface area (Å²) in [6.45, 7) is 4.95. The first-order valence-corrected chi connectivity index (χ1v) is 9.79. The van der Waals surface area contributed by atoms with Gasteiger partial charge in [0.25, 0.3) is 0 Å². The number of guanidine groups is 1. The number of nitrogens with zero attached hydrogens (tertiary/aromatic N) is 1. The van der Waals surface area contributed by atoms with E-state index < -0.39 is 0 Å². The Morgan fingerprint density at radius 2 is 2.08 bits per heavy atom. The number of hydrogen-bond acceptors (Lipinski definition) is 4. The first kappa shape index (κ1) is 20.3. The van der Waals surface area contributed by atoms with Gasteiger partial charge >= 0.3 is 0 Å². The van der Waals surface area contributed by atoms with E-state index in [1.807, 2.05) is 0 Å². The smallest absolute Gasteiger partial charge is 0.191 e. The maximum absolute atomic E-state index is 5.94. The van der Waals surface area contributed by atoms with Crippen molar-refractivity contribution < 1.29 is 9.47 Å². The van der Waals surface area contributed by atoms with Crippen LogP contribution in [0.15, 0.2) is 40.7 Å². The van der Waals surface area contributed by atoms with Gasteiger partial charge in [-0.3, -0.25) is 4.99 Å². The standard InChI is InChI=1S/C20H29N3O2S/c1-16-7-8-17(19(14-16)25-12-5-11-24-3)15-23-20(21-2)22-10-9-18-6-4-13-26-18/h4,6-8,13-14H,5,9-12,15H2,1-3H3,(H2,21,22,23). The van der Waals surface area contributed by atoms with Crippen molar-refractivity contribution in [3.05, 3.63) is 51.7 Å². The highest BCUT2D eigenvalue weighted by Crippen LogP contribution is 2.20. The lowest BCUT2D eigenvalue weighted by Crippen LogP contribution is -2.37. The Labute approximate surface area is 160 Å². The fourth-order valence-electron chi connectivity index (χ4n) is 2.49. The zero-order valence-corrected chi connectivity index (χ0v) is 16.7. The van der Waals surface area contributed by atoms with Gasteiger partial charge in [0, 0.05) is 50.7 Å². The zero-order valence-electron chi connectivity index (χ0n) is 15.9. The molecule has 1 aromatic heterocycles. The summed E-state index contributed by atoms with van der Waals surface area (Å²) in [6.07, 6.45) is 1.88. The minimum Gasteiger partial charge on any atom is -0.493 e. The molecule has 0 spiro atoms. The molecule has 0 unspecified atom stereocenters. The molecule has 1 heterocycles. The van der Waals surface area contributed by atoms with E-state index in [4.69, 9.17) is 9.47 Å². The fourth-order valence-corrected chi connectivity index (χ4v) is 3.20. The Bertz CT molecular complexity index is 672. The predicted molar refractivity (Wildman–Crippen MR) is 109 cm³/mol. The third-order valence-corrected chi connectivity index (χ3v) is 4.82. The van der Waals surface area contributed by atoms with Crippen LogP contribution in [0.1, 0.15) is 22.4 Å². The van der Waals surface area contributed by atoms with Gasteiger partial charge in [-0.25, -0.2) is 0 Å². The summed E-state index contributed by atoms with van der Waals surface area (Å²) in [5.74, 6) is 1.72. The molecule has 0 aliphatic rings. The van der Waals surface area contributed by atoms with E-state index in [1.165, 1.54) is 10.4 Å². The quantitative estimate of drug-likeness (QED) is 0.380. The first-order chi connectivity index (χ1) is 12.7. The van der Waals surface area contributed by atoms with Crippen LogP contribution in [0.2, 0.25) is 0 Å². The molecule has 0 bridgehead atoms. The lowest BCUT2D eigenvalue weighted by molar-refractivity contribution is 0.172. The molecule has 5 nitrogen and oxygen atoms in total. The van der Waals surface area contributed by atoms with E-state index in [2.05, 4.69) is 58.3 Å². The SMILES string of the molecule is CN=C(NCCc1cccs1)NCc1ccc(C)cc1OCCCOC. The second-order valence-electron chi connectivity index (χ2n) is 5.99. The molecule has 2 aromatic rings. The van der Waals surface area contributed by atoms with Crippen molar-refractivity contribution in [2.75, 3.05) is 33.9 Å². The van der Waals surface area contributed by atoms with Gasteiger partial charge in [0.05, 0.1) is 6.61 Å². The van der Waals surface area contributed by atoms with Gasteiger partial charge in [-0.1, -0.05) is 18.2 Å². The van der Waals surface area contributed by atoms with E-state index in [1.54, 1.807) is 25.5 Å². The molecule has 0 radical (unpaired) electrons. The molecule has 0 atom stereocenters. The van der Waals surface area contributed by atoms with Crippen molar-refractivity contribution in [3.8, 4) is 5.75 Å². The summed E-state index contributed by atoms with van der Waals surface area (Å²) in [5.41, 5.74) is 2.31. The summed E-state index contributed by atoms with van der Waals surface area (Å²) in [5, 5.41) is 8.83. The van der Waals surface area contributed by atoms with Gasteiger partial charge in [-0.05, 0) is 36.4 Å². The van der Waals surface area contributed by atoms with Crippen molar-refractivity contribution in [3.63, 3.8) is 0 Å². The molecule has 6 heteroatoms. The Kier molecular flexibility index (Phi) is 9.00. The lowest BCUT2D eigenvalue weighted by Gasteiger charge is -2.15. The highest BCUT2D eigenvalue weighted by Gasteiger charge is 2.06. The van der Waals surface area contributed by atoms with Gasteiger partial charge < -0.3 is 20.1 Å². The molecule has 0 amide bonds. The molecule has 0 saturated carbocycles. The molecule has 142 valence electrons. The summed E-state index contributed by atoms with van der Waals surface area (Å²) >= 11 is 1.78. The van der Waals surface area contributed by atoms with Crippen LogP contribution in [-0.2, 0) is 17.7 Å². The monoisotopic (exact) mass is 375 g/mol. The average Bonchev–Trinajstić information content (AvgIpc) is 3.16. The molecular weight excluding hydrogens is 346 g/mol.